The predicted molar refractivity (Wildman–Crippen MR) is 138 cm³/mol. The minimum Gasteiger partial charge on any atom is -0.337 e. The molecular weight excluding hydrogens is 458 g/mol. The van der Waals surface area contributed by atoms with Crippen LogP contribution in [0.1, 0.15) is 23.7 Å². The highest BCUT2D eigenvalue weighted by molar-refractivity contribution is 8.08. The van der Waals surface area contributed by atoms with E-state index in [2.05, 4.69) is 81.8 Å². The van der Waals surface area contributed by atoms with Crippen molar-refractivity contribution < 1.29 is 4.57 Å². The first-order chi connectivity index (χ1) is 16.6. The first-order valence-electron chi connectivity index (χ1n) is 11.1. The molecule has 0 spiro atoms. The van der Waals surface area contributed by atoms with Crippen LogP contribution in [-0.2, 0) is 13.1 Å². The summed E-state index contributed by atoms with van der Waals surface area (Å²) in [4.78, 5) is 3.19. The summed E-state index contributed by atoms with van der Waals surface area (Å²) in [7, 11) is 2.03. The van der Waals surface area contributed by atoms with Crippen LogP contribution in [0.3, 0.4) is 0 Å². The van der Waals surface area contributed by atoms with E-state index in [9.17, 15) is 5.26 Å². The van der Waals surface area contributed by atoms with Gasteiger partial charge in [0.05, 0.1) is 17.3 Å². The maximum absolute atomic E-state index is 9.27. The maximum atomic E-state index is 9.27. The average molecular weight is 483 g/mol. The van der Waals surface area contributed by atoms with E-state index in [-0.39, 0.29) is 0 Å². The van der Waals surface area contributed by atoms with Crippen LogP contribution in [0.4, 0.5) is 5.69 Å². The second-order valence-electron chi connectivity index (χ2n) is 8.01. The Morgan fingerprint density at radius 1 is 1.09 bits per heavy atom. The van der Waals surface area contributed by atoms with Crippen molar-refractivity contribution in [3.05, 3.63) is 104 Å². The van der Waals surface area contributed by atoms with Gasteiger partial charge in [-0.3, -0.25) is 5.41 Å². The third-order valence-corrected chi connectivity index (χ3v) is 8.36. The molecule has 1 aliphatic rings. The van der Waals surface area contributed by atoms with E-state index in [1.807, 2.05) is 31.3 Å². The minimum atomic E-state index is 0.520. The van der Waals surface area contributed by atoms with Crippen molar-refractivity contribution in [1.29, 1.82) is 10.7 Å². The van der Waals surface area contributed by atoms with Gasteiger partial charge in [-0.2, -0.15) is 9.83 Å². The van der Waals surface area contributed by atoms with Gasteiger partial charge in [-0.25, -0.2) is 0 Å². The number of fused-ring (bicyclic) bond motifs is 1. The largest absolute Gasteiger partial charge is 0.337 e. The lowest BCUT2D eigenvalue weighted by molar-refractivity contribution is -0.690. The molecule has 0 bridgehead atoms. The predicted octanol–water partition coefficient (Wildman–Crippen LogP) is 3.39. The fourth-order valence-corrected chi connectivity index (χ4v) is 6.63. The molecule has 0 saturated carbocycles. The van der Waals surface area contributed by atoms with Gasteiger partial charge in [-0.15, -0.1) is 11.3 Å². The quantitative estimate of drug-likeness (QED) is 0.454. The van der Waals surface area contributed by atoms with Gasteiger partial charge in [-0.1, -0.05) is 42.1 Å². The summed E-state index contributed by atoms with van der Waals surface area (Å²) in [5.74, 6) is 0. The Kier molecular flexibility index (Phi) is 6.10. The van der Waals surface area contributed by atoms with Crippen LogP contribution in [0, 0.1) is 16.7 Å². The van der Waals surface area contributed by atoms with Gasteiger partial charge in [0.25, 0.3) is 0 Å². The van der Waals surface area contributed by atoms with Crippen LogP contribution in [0.5, 0.6) is 0 Å². The van der Waals surface area contributed by atoms with Gasteiger partial charge in [0.15, 0.2) is 12.7 Å². The number of thiazole rings is 1. The van der Waals surface area contributed by atoms with Gasteiger partial charge in [0.2, 0.25) is 5.69 Å². The fraction of sp³-hybridized carbons (Fsp3) is 0.148. The van der Waals surface area contributed by atoms with Crippen molar-refractivity contribution in [3.8, 4) is 6.07 Å². The molecule has 4 aromatic rings. The Morgan fingerprint density at radius 3 is 2.65 bits per heavy atom. The SMILES string of the molecule is CCn1c(=Cc2cccc[n+]2Cc2ccccc2)sc(=C2Sc3cc(C#N)ccc3N2C)c1=N. The summed E-state index contributed by atoms with van der Waals surface area (Å²) in [6.45, 7) is 3.59. The molecule has 7 heteroatoms. The number of nitrogens with one attached hydrogen (secondary N) is 1. The lowest BCUT2D eigenvalue weighted by Crippen LogP contribution is -2.38. The summed E-state index contributed by atoms with van der Waals surface area (Å²) < 4.78 is 6.29. The number of aromatic nitrogens is 2. The van der Waals surface area contributed by atoms with Crippen molar-refractivity contribution in [2.75, 3.05) is 11.9 Å². The van der Waals surface area contributed by atoms with Crippen molar-refractivity contribution in [2.45, 2.75) is 24.9 Å². The molecule has 0 aliphatic carbocycles. The topological polar surface area (TPSA) is 59.7 Å². The Hall–Kier alpha value is -3.60. The highest BCUT2D eigenvalue weighted by Crippen LogP contribution is 2.45. The average Bonchev–Trinajstić information content (AvgIpc) is 3.35. The molecule has 0 saturated heterocycles. The van der Waals surface area contributed by atoms with Crippen LogP contribution >= 0.6 is 23.1 Å². The third kappa shape index (κ3) is 4.07. The number of rotatable bonds is 4. The van der Waals surface area contributed by atoms with Gasteiger partial charge in [0, 0.05) is 42.3 Å². The van der Waals surface area contributed by atoms with Gasteiger partial charge in [-0.05, 0) is 31.2 Å². The summed E-state index contributed by atoms with van der Waals surface area (Å²) in [6, 6.07) is 24.7. The summed E-state index contributed by atoms with van der Waals surface area (Å²) in [6.07, 6.45) is 4.28. The van der Waals surface area contributed by atoms with E-state index < -0.39 is 0 Å². The molecule has 3 heterocycles. The molecule has 1 aliphatic heterocycles. The lowest BCUT2D eigenvalue weighted by atomic mass is 10.2. The van der Waals surface area contributed by atoms with Crippen LogP contribution in [0.15, 0.2) is 77.8 Å². The van der Waals surface area contributed by atoms with Crippen molar-refractivity contribution >= 4 is 39.9 Å². The molecule has 0 fully saturated rings. The van der Waals surface area contributed by atoms with Crippen LogP contribution in [0.2, 0.25) is 0 Å². The maximum Gasteiger partial charge on any atom is 0.208 e. The van der Waals surface area contributed by atoms with Crippen molar-refractivity contribution in [1.82, 2.24) is 4.57 Å². The smallest absolute Gasteiger partial charge is 0.208 e. The van der Waals surface area contributed by atoms with Crippen LogP contribution in [-0.4, -0.2) is 11.6 Å². The zero-order valence-corrected chi connectivity index (χ0v) is 20.7. The molecule has 0 amide bonds. The number of hydrogen-bond acceptors (Lipinski definition) is 5. The van der Waals surface area contributed by atoms with Crippen LogP contribution < -0.4 is 24.1 Å². The van der Waals surface area contributed by atoms with E-state index in [0.717, 1.165) is 43.6 Å². The number of nitriles is 1. The van der Waals surface area contributed by atoms with Crippen molar-refractivity contribution in [3.63, 3.8) is 0 Å². The van der Waals surface area contributed by atoms with Crippen LogP contribution in [0.25, 0.3) is 11.1 Å². The molecule has 0 radical (unpaired) electrons. The Labute approximate surface area is 206 Å². The Balaban J connectivity index is 1.63. The zero-order chi connectivity index (χ0) is 23.7. The lowest BCUT2D eigenvalue weighted by Gasteiger charge is -2.12. The highest BCUT2D eigenvalue weighted by atomic mass is 32.2. The molecule has 1 N–H and O–H groups in total. The molecular formula is C27H24N5S2+. The highest BCUT2D eigenvalue weighted by Gasteiger charge is 2.24. The van der Waals surface area contributed by atoms with Gasteiger partial charge < -0.3 is 9.47 Å². The number of hydrogen-bond donors (Lipinski definition) is 1. The first kappa shape index (κ1) is 22.2. The first-order valence-corrected chi connectivity index (χ1v) is 12.7. The van der Waals surface area contributed by atoms with Crippen molar-refractivity contribution in [2.24, 2.45) is 0 Å². The normalized spacial score (nSPS) is 14.9. The number of thioether (sulfide) groups is 1. The van der Waals surface area contributed by atoms with E-state index in [1.165, 1.54) is 5.56 Å². The van der Waals surface area contributed by atoms with E-state index in [1.54, 1.807) is 23.1 Å². The number of pyridine rings is 1. The summed E-state index contributed by atoms with van der Waals surface area (Å²) in [5.41, 5.74) is 4.60. The molecule has 0 unspecified atom stereocenters. The second-order valence-corrected chi connectivity index (χ2v) is 10.1. The van der Waals surface area contributed by atoms with Gasteiger partial charge in [0.1, 0.15) is 19.7 Å². The molecule has 168 valence electrons. The molecule has 0 atom stereocenters. The van der Waals surface area contributed by atoms with Gasteiger partial charge >= 0.3 is 0 Å². The summed E-state index contributed by atoms with van der Waals surface area (Å²) >= 11 is 3.28. The second kappa shape index (κ2) is 9.34. The molecule has 5 nitrogen and oxygen atoms in total. The number of benzene rings is 2. The molecule has 2 aromatic heterocycles. The number of nitrogens with zero attached hydrogens (tertiary/aromatic N) is 4. The molecule has 34 heavy (non-hydrogen) atoms. The van der Waals surface area contributed by atoms with E-state index in [4.69, 9.17) is 5.41 Å². The monoisotopic (exact) mass is 482 g/mol. The third-order valence-electron chi connectivity index (χ3n) is 5.87. The van der Waals surface area contributed by atoms with E-state index in [0.29, 0.717) is 11.1 Å². The zero-order valence-electron chi connectivity index (χ0n) is 19.0. The summed E-state index contributed by atoms with van der Waals surface area (Å²) in [5, 5.41) is 19.2. The Morgan fingerprint density at radius 2 is 1.88 bits per heavy atom. The fourth-order valence-electron chi connectivity index (χ4n) is 4.10. The molecule has 2 aromatic carbocycles. The molecule has 5 rings (SSSR count). The standard InChI is InChI=1S/C27H24N5S2/c1-3-32-24(16-21-11-7-8-14-31(21)18-19-9-5-4-6-10-19)34-25(26(32)29)27-30(2)22-13-12-20(17-28)15-23(22)33-27/h4-16,29H,3,18H2,1-2H3/q+1. The minimum absolute atomic E-state index is 0.520. The number of anilines is 1. The van der Waals surface area contributed by atoms with E-state index >= 15 is 0 Å². The Bertz CT molecular complexity index is 1590.